The van der Waals surface area contributed by atoms with Crippen LogP contribution in [0, 0.1) is 0 Å². The molecule has 39 heavy (non-hydrogen) atoms. The number of rotatable bonds is 3. The molecule has 4 aromatic rings. The number of nitrogens with zero attached hydrogens (tertiary/aromatic N) is 2. The van der Waals surface area contributed by atoms with Gasteiger partial charge in [-0.1, -0.05) is 114 Å². The van der Waals surface area contributed by atoms with E-state index < -0.39 is 0 Å². The predicted molar refractivity (Wildman–Crippen MR) is 164 cm³/mol. The fourth-order valence-electron chi connectivity index (χ4n) is 7.03. The normalized spacial score (nSPS) is 18.0. The van der Waals surface area contributed by atoms with Gasteiger partial charge in [-0.15, -0.1) is 0 Å². The molecule has 1 aromatic heterocycles. The maximum atomic E-state index is 4.70. The fraction of sp³-hybridized carbons (Fsp3) is 0.405. The van der Waals surface area contributed by atoms with Gasteiger partial charge in [0.1, 0.15) is 0 Å². The number of fused-ring (bicyclic) bond motifs is 3. The van der Waals surface area contributed by atoms with Crippen molar-refractivity contribution >= 4 is 0 Å². The van der Waals surface area contributed by atoms with E-state index in [1.807, 2.05) is 12.4 Å². The monoisotopic (exact) mass is 514 g/mol. The Bertz CT molecular complexity index is 1410. The van der Waals surface area contributed by atoms with Gasteiger partial charge in [0.2, 0.25) is 0 Å². The Morgan fingerprint density at radius 1 is 0.615 bits per heavy atom. The summed E-state index contributed by atoms with van der Waals surface area (Å²) < 4.78 is 0. The molecule has 0 N–H and O–H groups in total. The van der Waals surface area contributed by atoms with Crippen LogP contribution in [0.25, 0.3) is 33.5 Å². The summed E-state index contributed by atoms with van der Waals surface area (Å²) >= 11 is 0. The molecule has 2 aliphatic rings. The molecular formula is C37H42N2. The molecule has 6 rings (SSSR count). The lowest BCUT2D eigenvalue weighted by molar-refractivity contribution is 0.467. The van der Waals surface area contributed by atoms with Gasteiger partial charge in [-0.25, -0.2) is 0 Å². The van der Waals surface area contributed by atoms with Crippen molar-refractivity contribution in [3.63, 3.8) is 0 Å². The van der Waals surface area contributed by atoms with E-state index in [-0.39, 0.29) is 5.41 Å². The zero-order chi connectivity index (χ0) is 26.7. The van der Waals surface area contributed by atoms with Crippen molar-refractivity contribution in [1.29, 1.82) is 0 Å². The van der Waals surface area contributed by atoms with Crippen molar-refractivity contribution in [2.24, 2.45) is 0 Å². The Hall–Kier alpha value is -3.26. The summed E-state index contributed by atoms with van der Waals surface area (Å²) in [5.41, 5.74) is 11.8. The van der Waals surface area contributed by atoms with Crippen LogP contribution in [0.2, 0.25) is 0 Å². The van der Waals surface area contributed by atoms with Crippen molar-refractivity contribution in [1.82, 2.24) is 9.97 Å². The summed E-state index contributed by atoms with van der Waals surface area (Å²) in [5.74, 6) is 0.606. The quantitative estimate of drug-likeness (QED) is 0.272. The number of hydrogen-bond acceptors (Lipinski definition) is 2. The van der Waals surface area contributed by atoms with E-state index in [1.54, 1.807) is 6.20 Å². The number of aromatic nitrogens is 2. The molecule has 2 nitrogen and oxygen atoms in total. The predicted octanol–water partition coefficient (Wildman–Crippen LogP) is 10.5. The van der Waals surface area contributed by atoms with Gasteiger partial charge in [0.15, 0.2) is 0 Å². The molecule has 1 saturated carbocycles. The first-order valence-corrected chi connectivity index (χ1v) is 15.3. The molecule has 1 heterocycles. The van der Waals surface area contributed by atoms with Crippen LogP contribution in [-0.4, -0.2) is 9.97 Å². The Kier molecular flexibility index (Phi) is 7.64. The molecule has 0 amide bonds. The SMILES string of the molecule is CC1(C)c2ccccc2-c2ccc(-c3cc(-c4cnccn4)cc(C4CCCCCCCCCCC4)c3)cc21. The second-order valence-corrected chi connectivity index (χ2v) is 12.3. The summed E-state index contributed by atoms with van der Waals surface area (Å²) in [6.07, 6.45) is 20.5. The lowest BCUT2D eigenvalue weighted by atomic mass is 9.81. The van der Waals surface area contributed by atoms with Gasteiger partial charge >= 0.3 is 0 Å². The molecule has 0 atom stereocenters. The van der Waals surface area contributed by atoms with Crippen molar-refractivity contribution in [2.75, 3.05) is 0 Å². The average Bonchev–Trinajstić information content (AvgIpc) is 3.20. The molecular weight excluding hydrogens is 472 g/mol. The minimum absolute atomic E-state index is 0.000795. The molecule has 3 aromatic carbocycles. The molecule has 0 bridgehead atoms. The van der Waals surface area contributed by atoms with Gasteiger partial charge < -0.3 is 0 Å². The minimum Gasteiger partial charge on any atom is -0.261 e. The lowest BCUT2D eigenvalue weighted by Gasteiger charge is -2.23. The fourth-order valence-corrected chi connectivity index (χ4v) is 7.03. The highest BCUT2D eigenvalue weighted by Crippen LogP contribution is 2.49. The van der Waals surface area contributed by atoms with E-state index in [1.165, 1.54) is 115 Å². The second-order valence-electron chi connectivity index (χ2n) is 12.3. The Balaban J connectivity index is 1.41. The van der Waals surface area contributed by atoms with E-state index in [4.69, 9.17) is 4.98 Å². The third-order valence-electron chi connectivity index (χ3n) is 9.31. The van der Waals surface area contributed by atoms with Crippen LogP contribution in [0.5, 0.6) is 0 Å². The van der Waals surface area contributed by atoms with E-state index in [0.29, 0.717) is 5.92 Å². The first-order chi connectivity index (χ1) is 19.1. The third-order valence-corrected chi connectivity index (χ3v) is 9.31. The maximum Gasteiger partial charge on any atom is 0.0885 e. The van der Waals surface area contributed by atoms with E-state index in [0.717, 1.165) is 5.69 Å². The largest absolute Gasteiger partial charge is 0.261 e. The van der Waals surface area contributed by atoms with E-state index in [9.17, 15) is 0 Å². The first-order valence-electron chi connectivity index (χ1n) is 15.3. The maximum absolute atomic E-state index is 4.70. The third kappa shape index (κ3) is 5.44. The van der Waals surface area contributed by atoms with E-state index in [2.05, 4.69) is 79.5 Å². The van der Waals surface area contributed by atoms with Gasteiger partial charge in [0, 0.05) is 23.4 Å². The van der Waals surface area contributed by atoms with Crippen molar-refractivity contribution in [2.45, 2.75) is 95.8 Å². The molecule has 0 unspecified atom stereocenters. The molecule has 1 fully saturated rings. The zero-order valence-corrected chi connectivity index (χ0v) is 23.8. The standard InChI is InChI=1S/C37H42N2/c1-37(2)34-17-13-12-16-32(34)33-19-18-28(25-35(33)37)30-22-29(23-31(24-30)36-26-38-20-21-39-36)27-14-10-8-6-4-3-5-7-9-11-15-27/h12-13,16-27H,3-11,14-15H2,1-2H3. The Labute approximate surface area is 235 Å². The number of hydrogen-bond donors (Lipinski definition) is 0. The molecule has 2 heteroatoms. The average molecular weight is 515 g/mol. The topological polar surface area (TPSA) is 25.8 Å². The van der Waals surface area contributed by atoms with Crippen molar-refractivity contribution in [3.05, 3.63) is 95.9 Å². The van der Waals surface area contributed by atoms with Gasteiger partial charge in [0.25, 0.3) is 0 Å². The first kappa shape index (κ1) is 26.0. The van der Waals surface area contributed by atoms with Gasteiger partial charge in [-0.3, -0.25) is 9.97 Å². The summed E-state index contributed by atoms with van der Waals surface area (Å²) in [7, 11) is 0. The minimum atomic E-state index is 0.000795. The lowest BCUT2D eigenvalue weighted by Crippen LogP contribution is -2.14. The van der Waals surface area contributed by atoms with Gasteiger partial charge in [-0.05, 0) is 75.9 Å². The molecule has 200 valence electrons. The molecule has 0 radical (unpaired) electrons. The van der Waals surface area contributed by atoms with E-state index >= 15 is 0 Å². The highest BCUT2D eigenvalue weighted by atomic mass is 14.8. The summed E-state index contributed by atoms with van der Waals surface area (Å²) in [5, 5.41) is 0. The Morgan fingerprint density at radius 3 is 2.00 bits per heavy atom. The molecule has 2 aliphatic carbocycles. The van der Waals surface area contributed by atoms with Crippen LogP contribution in [0.15, 0.2) is 79.3 Å². The molecule has 0 aliphatic heterocycles. The van der Waals surface area contributed by atoms with Gasteiger partial charge in [0.05, 0.1) is 11.9 Å². The van der Waals surface area contributed by atoms with Crippen LogP contribution in [0.1, 0.15) is 107 Å². The summed E-state index contributed by atoms with van der Waals surface area (Å²) in [6.45, 7) is 4.74. The highest BCUT2D eigenvalue weighted by Gasteiger charge is 2.35. The highest BCUT2D eigenvalue weighted by molar-refractivity contribution is 5.84. The summed E-state index contributed by atoms with van der Waals surface area (Å²) in [6, 6.07) is 23.3. The number of benzene rings is 3. The molecule has 0 saturated heterocycles. The van der Waals surface area contributed by atoms with Crippen LogP contribution < -0.4 is 0 Å². The zero-order valence-electron chi connectivity index (χ0n) is 23.8. The molecule has 0 spiro atoms. The van der Waals surface area contributed by atoms with Gasteiger partial charge in [-0.2, -0.15) is 0 Å². The van der Waals surface area contributed by atoms with Crippen molar-refractivity contribution in [3.8, 4) is 33.5 Å². The van der Waals surface area contributed by atoms with Crippen LogP contribution in [-0.2, 0) is 5.41 Å². The van der Waals surface area contributed by atoms with Crippen molar-refractivity contribution < 1.29 is 0 Å². The smallest absolute Gasteiger partial charge is 0.0885 e. The van der Waals surface area contributed by atoms with Crippen LogP contribution in [0.3, 0.4) is 0 Å². The Morgan fingerprint density at radius 2 is 1.28 bits per heavy atom. The summed E-state index contributed by atoms with van der Waals surface area (Å²) in [4.78, 5) is 9.10. The van der Waals surface area contributed by atoms with Crippen LogP contribution >= 0.6 is 0 Å². The van der Waals surface area contributed by atoms with Crippen LogP contribution in [0.4, 0.5) is 0 Å². The second kappa shape index (κ2) is 11.5.